The Morgan fingerprint density at radius 1 is 1.24 bits per heavy atom. The summed E-state index contributed by atoms with van der Waals surface area (Å²) in [7, 11) is 0. The van der Waals surface area contributed by atoms with Crippen LogP contribution in [-0.2, 0) is 6.42 Å². The molecule has 0 aliphatic carbocycles. The van der Waals surface area contributed by atoms with Gasteiger partial charge in [0.2, 0.25) is 0 Å². The van der Waals surface area contributed by atoms with Crippen molar-refractivity contribution in [3.05, 3.63) is 60.9 Å². The molecule has 0 aliphatic rings. The summed E-state index contributed by atoms with van der Waals surface area (Å²) in [5.74, 6) is -1.56. The van der Waals surface area contributed by atoms with Crippen molar-refractivity contribution >= 4 is 11.6 Å². The van der Waals surface area contributed by atoms with Gasteiger partial charge in [-0.2, -0.15) is 0 Å². The van der Waals surface area contributed by atoms with Crippen LogP contribution < -0.4 is 11.2 Å². The lowest BCUT2D eigenvalue weighted by atomic mass is 10.2. The molecule has 1 N–H and O–H groups in total. The smallest absolute Gasteiger partial charge is 0.297 e. The Kier molecular flexibility index (Phi) is 4.27. The molecule has 0 unspecified atom stereocenters. The van der Waals surface area contributed by atoms with Crippen molar-refractivity contribution in [1.82, 2.24) is 9.55 Å². The molecular formula is C14H13ClF2N2O2. The molecule has 0 atom stereocenters. The number of hydrogen-bond donors (Lipinski definition) is 1. The molecule has 112 valence electrons. The molecule has 0 spiro atoms. The van der Waals surface area contributed by atoms with E-state index in [9.17, 15) is 18.4 Å². The maximum absolute atomic E-state index is 14.0. The molecule has 0 radical (unpaired) electrons. The van der Waals surface area contributed by atoms with E-state index in [0.717, 1.165) is 12.1 Å². The number of hydrogen-bond acceptors (Lipinski definition) is 2. The molecule has 2 rings (SSSR count). The topological polar surface area (TPSA) is 54.9 Å². The fraction of sp³-hybridized carbons (Fsp3) is 0.286. The van der Waals surface area contributed by atoms with Crippen molar-refractivity contribution in [3.63, 3.8) is 0 Å². The van der Waals surface area contributed by atoms with Gasteiger partial charge in [0, 0.05) is 6.07 Å². The highest BCUT2D eigenvalue weighted by molar-refractivity contribution is 6.30. The van der Waals surface area contributed by atoms with Crippen molar-refractivity contribution < 1.29 is 8.78 Å². The van der Waals surface area contributed by atoms with Crippen molar-refractivity contribution in [2.45, 2.75) is 26.7 Å². The quantitative estimate of drug-likeness (QED) is 0.886. The Labute approximate surface area is 124 Å². The van der Waals surface area contributed by atoms with Gasteiger partial charge in [0.1, 0.15) is 16.8 Å². The molecular weight excluding hydrogens is 302 g/mol. The lowest BCUT2D eigenvalue weighted by Crippen LogP contribution is -2.36. The molecule has 1 aromatic carbocycles. The zero-order chi connectivity index (χ0) is 15.7. The standard InChI is InChI=1S/C14H13ClF2N2O2/c1-3-4-8-12(15)18-14(21)19(13(8)20)11-6-9(16)7(2)5-10(11)17/h5-6H,3-4H2,1-2H3,(H,18,21). The number of nitrogens with one attached hydrogen (secondary N) is 1. The number of aromatic nitrogens is 2. The van der Waals surface area contributed by atoms with Gasteiger partial charge < -0.3 is 0 Å². The third-order valence-electron chi connectivity index (χ3n) is 3.11. The molecule has 2 aromatic rings. The van der Waals surface area contributed by atoms with Gasteiger partial charge in [-0.1, -0.05) is 24.9 Å². The van der Waals surface area contributed by atoms with E-state index in [4.69, 9.17) is 11.6 Å². The maximum atomic E-state index is 14.0. The second-order valence-electron chi connectivity index (χ2n) is 4.67. The molecule has 1 aromatic heterocycles. The molecule has 0 saturated heterocycles. The van der Waals surface area contributed by atoms with E-state index in [0.29, 0.717) is 17.4 Å². The minimum atomic E-state index is -0.910. The van der Waals surface area contributed by atoms with Gasteiger partial charge in [-0.25, -0.2) is 18.1 Å². The summed E-state index contributed by atoms with van der Waals surface area (Å²) in [6, 6.07) is 1.76. The number of H-pyrrole nitrogens is 1. The number of rotatable bonds is 3. The van der Waals surface area contributed by atoms with Crippen LogP contribution in [0.15, 0.2) is 21.7 Å². The van der Waals surface area contributed by atoms with Crippen LogP contribution in [0.2, 0.25) is 5.15 Å². The van der Waals surface area contributed by atoms with Gasteiger partial charge in [0.05, 0.1) is 11.3 Å². The summed E-state index contributed by atoms with van der Waals surface area (Å²) < 4.78 is 28.2. The molecule has 0 amide bonds. The van der Waals surface area contributed by atoms with Crippen LogP contribution in [0.3, 0.4) is 0 Å². The first-order valence-electron chi connectivity index (χ1n) is 6.36. The summed E-state index contributed by atoms with van der Waals surface area (Å²) in [6.07, 6.45) is 0.941. The van der Waals surface area contributed by atoms with Crippen molar-refractivity contribution in [3.8, 4) is 5.69 Å². The molecule has 21 heavy (non-hydrogen) atoms. The van der Waals surface area contributed by atoms with Gasteiger partial charge in [-0.3, -0.25) is 9.78 Å². The Morgan fingerprint density at radius 2 is 1.90 bits per heavy atom. The number of nitrogens with zero attached hydrogens (tertiary/aromatic N) is 1. The second-order valence-corrected chi connectivity index (χ2v) is 5.04. The normalized spacial score (nSPS) is 10.9. The average Bonchev–Trinajstić information content (AvgIpc) is 2.40. The summed E-state index contributed by atoms with van der Waals surface area (Å²) in [4.78, 5) is 26.5. The predicted octanol–water partition coefficient (Wildman–Crippen LogP) is 2.72. The average molecular weight is 315 g/mol. The van der Waals surface area contributed by atoms with Crippen molar-refractivity contribution in [1.29, 1.82) is 0 Å². The summed E-state index contributed by atoms with van der Waals surface area (Å²) in [5, 5.41) is -0.0731. The SMILES string of the molecule is CCCc1c(Cl)[nH]c(=O)n(-c2cc(F)c(C)cc2F)c1=O. The monoisotopic (exact) mass is 314 g/mol. The lowest BCUT2D eigenvalue weighted by molar-refractivity contribution is 0.580. The van der Waals surface area contributed by atoms with Gasteiger partial charge in [0.15, 0.2) is 0 Å². The van der Waals surface area contributed by atoms with Crippen LogP contribution >= 0.6 is 11.6 Å². The highest BCUT2D eigenvalue weighted by Gasteiger charge is 2.17. The van der Waals surface area contributed by atoms with E-state index in [-0.39, 0.29) is 16.3 Å². The highest BCUT2D eigenvalue weighted by Crippen LogP contribution is 2.17. The van der Waals surface area contributed by atoms with Crippen LogP contribution in [0.1, 0.15) is 24.5 Å². The van der Waals surface area contributed by atoms with Crippen molar-refractivity contribution in [2.24, 2.45) is 0 Å². The fourth-order valence-corrected chi connectivity index (χ4v) is 2.30. The molecule has 1 heterocycles. The Morgan fingerprint density at radius 3 is 2.52 bits per heavy atom. The zero-order valence-electron chi connectivity index (χ0n) is 11.5. The van der Waals surface area contributed by atoms with E-state index in [1.807, 2.05) is 6.92 Å². The third kappa shape index (κ3) is 2.76. The Hall–Kier alpha value is -1.95. The minimum Gasteiger partial charge on any atom is -0.297 e. The van der Waals surface area contributed by atoms with E-state index in [1.54, 1.807) is 0 Å². The number of benzene rings is 1. The minimum absolute atomic E-state index is 0.0731. The highest BCUT2D eigenvalue weighted by atomic mass is 35.5. The van der Waals surface area contributed by atoms with Gasteiger partial charge in [-0.15, -0.1) is 0 Å². The molecule has 0 fully saturated rings. The van der Waals surface area contributed by atoms with Gasteiger partial charge in [-0.05, 0) is 25.0 Å². The molecule has 7 heteroatoms. The Bertz CT molecular complexity index is 812. The number of halogens is 3. The third-order valence-corrected chi connectivity index (χ3v) is 3.44. The second kappa shape index (κ2) is 5.81. The van der Waals surface area contributed by atoms with Gasteiger partial charge in [0.25, 0.3) is 5.56 Å². The summed E-state index contributed by atoms with van der Waals surface area (Å²) in [5.41, 5.74) is -1.83. The molecule has 0 saturated carbocycles. The predicted molar refractivity (Wildman–Crippen MR) is 76.3 cm³/mol. The van der Waals surface area contributed by atoms with E-state index < -0.39 is 28.6 Å². The Balaban J connectivity index is 2.82. The van der Waals surface area contributed by atoms with Gasteiger partial charge >= 0.3 is 5.69 Å². The van der Waals surface area contributed by atoms with E-state index >= 15 is 0 Å². The fourth-order valence-electron chi connectivity index (χ4n) is 2.04. The first kappa shape index (κ1) is 15.4. The van der Waals surface area contributed by atoms with Crippen LogP contribution in [0, 0.1) is 18.6 Å². The lowest BCUT2D eigenvalue weighted by Gasteiger charge is -2.10. The zero-order valence-corrected chi connectivity index (χ0v) is 12.2. The first-order valence-corrected chi connectivity index (χ1v) is 6.74. The van der Waals surface area contributed by atoms with Crippen LogP contribution in [0.5, 0.6) is 0 Å². The number of aromatic amines is 1. The summed E-state index contributed by atoms with van der Waals surface area (Å²) in [6.45, 7) is 3.22. The molecule has 0 aliphatic heterocycles. The maximum Gasteiger partial charge on any atom is 0.334 e. The van der Waals surface area contributed by atoms with Crippen LogP contribution in [0.25, 0.3) is 5.69 Å². The molecule has 0 bridgehead atoms. The van der Waals surface area contributed by atoms with Crippen LogP contribution in [0.4, 0.5) is 8.78 Å². The van der Waals surface area contributed by atoms with E-state index in [1.165, 1.54) is 6.92 Å². The summed E-state index contributed by atoms with van der Waals surface area (Å²) >= 11 is 5.83. The number of aryl methyl sites for hydroxylation is 1. The molecule has 4 nitrogen and oxygen atoms in total. The largest absolute Gasteiger partial charge is 0.334 e. The van der Waals surface area contributed by atoms with Crippen LogP contribution in [-0.4, -0.2) is 9.55 Å². The van der Waals surface area contributed by atoms with E-state index in [2.05, 4.69) is 4.98 Å². The first-order chi connectivity index (χ1) is 9.86. The van der Waals surface area contributed by atoms with Crippen molar-refractivity contribution in [2.75, 3.05) is 0 Å².